The van der Waals surface area contributed by atoms with Crippen LogP contribution in [0.25, 0.3) is 0 Å². The van der Waals surface area contributed by atoms with Crippen molar-refractivity contribution >= 4 is 33.5 Å². The monoisotopic (exact) mass is 630 g/mol. The highest BCUT2D eigenvalue weighted by Crippen LogP contribution is 2.18. The highest BCUT2D eigenvalue weighted by Gasteiger charge is 2.37. The van der Waals surface area contributed by atoms with Crippen LogP contribution >= 0.6 is 0 Å². The van der Waals surface area contributed by atoms with Crippen molar-refractivity contribution in [2.75, 3.05) is 13.3 Å². The Bertz CT molecular complexity index is 1070. The van der Waals surface area contributed by atoms with Gasteiger partial charge in [-0.15, -0.1) is 0 Å². The summed E-state index contributed by atoms with van der Waals surface area (Å²) in [4.78, 5) is 54.6. The summed E-state index contributed by atoms with van der Waals surface area (Å²) in [5, 5.41) is 9.60. The van der Waals surface area contributed by atoms with Crippen molar-refractivity contribution in [1.82, 2.24) is 20.9 Å². The van der Waals surface area contributed by atoms with Crippen molar-refractivity contribution in [2.24, 2.45) is 17.8 Å². The lowest BCUT2D eigenvalue weighted by atomic mass is 9.94. The summed E-state index contributed by atoms with van der Waals surface area (Å²) in [6, 6.07) is -3.52. The van der Waals surface area contributed by atoms with E-state index in [4.69, 9.17) is 4.74 Å². The van der Waals surface area contributed by atoms with E-state index in [9.17, 15) is 27.6 Å². The third-order valence-corrected chi connectivity index (χ3v) is 8.01. The van der Waals surface area contributed by atoms with Gasteiger partial charge < -0.3 is 25.6 Å². The average molecular weight is 631 g/mol. The van der Waals surface area contributed by atoms with Crippen LogP contribution in [0.1, 0.15) is 95.4 Å². The third-order valence-electron chi connectivity index (χ3n) is 7.36. The molecule has 3 N–H and O–H groups in total. The molecule has 0 fully saturated rings. The van der Waals surface area contributed by atoms with E-state index in [0.29, 0.717) is 19.3 Å². The summed E-state index contributed by atoms with van der Waals surface area (Å²) in [7, 11) is -1.86. The van der Waals surface area contributed by atoms with Gasteiger partial charge >= 0.3 is 0 Å². The Hall–Kier alpha value is -2.47. The number of sulfone groups is 1. The van der Waals surface area contributed by atoms with Gasteiger partial charge in [0, 0.05) is 31.7 Å². The number of likely N-dealkylation sites (N-methyl/N-ethyl adjacent to an activating group) is 1. The van der Waals surface area contributed by atoms with Gasteiger partial charge in [-0.2, -0.15) is 0 Å². The largest absolute Gasteiger partial charge is 0.370 e. The Balaban J connectivity index is 6.41. The molecule has 7 atom stereocenters. The summed E-state index contributed by atoms with van der Waals surface area (Å²) in [6.07, 6.45) is 3.41. The highest BCUT2D eigenvalue weighted by molar-refractivity contribution is 7.93. The Labute approximate surface area is 260 Å². The van der Waals surface area contributed by atoms with Crippen LogP contribution < -0.4 is 16.0 Å². The van der Waals surface area contributed by atoms with Crippen molar-refractivity contribution in [1.29, 1.82) is 0 Å². The quantitative estimate of drug-likeness (QED) is 0.223. The molecule has 250 valence electrons. The Morgan fingerprint density at radius 2 is 1.33 bits per heavy atom. The van der Waals surface area contributed by atoms with E-state index in [1.165, 1.54) is 17.9 Å². The van der Waals surface area contributed by atoms with Crippen LogP contribution in [0.4, 0.5) is 0 Å². The third kappa shape index (κ3) is 15.2. The fourth-order valence-corrected chi connectivity index (χ4v) is 5.12. The second-order valence-corrected chi connectivity index (χ2v) is 15.1. The lowest BCUT2D eigenvalue weighted by molar-refractivity contribution is -0.142. The molecular weight excluding hydrogens is 572 g/mol. The molecule has 0 rings (SSSR count). The minimum atomic E-state index is -3.42. The number of hydrogen-bond donors (Lipinski definition) is 3. The molecular formula is C31H58N4O7S. The zero-order chi connectivity index (χ0) is 33.9. The number of carbonyl (C=O) groups excluding carboxylic acids is 4. The SMILES string of the molecule is CC[C@H](C)[C@H](NC(=O)[C@H]([C@@H](C)CC)N(C)C(C)=O)C(=O)N[C@H](C(=O)N[C@H](/C=C/S(C)(=O)=O)CC(C)C)[C@@H](C)OC(C)(C)C. The lowest BCUT2D eigenvalue weighted by Gasteiger charge is -2.35. The fourth-order valence-electron chi connectivity index (χ4n) is 4.64. The fraction of sp³-hybridized carbons (Fsp3) is 0.806. The summed E-state index contributed by atoms with van der Waals surface area (Å²) >= 11 is 0. The molecule has 0 bridgehead atoms. The molecule has 0 saturated heterocycles. The van der Waals surface area contributed by atoms with E-state index in [1.54, 1.807) is 14.0 Å². The molecule has 0 spiro atoms. The standard InChI is InChI=1S/C31H58N4O7S/c1-14-20(5)25(33-30(39)27(21(6)15-2)35(12)23(8)36)28(37)34-26(22(7)42-31(9,10)11)29(38)32-24(18-19(3)4)16-17-43(13,40)41/h16-17,19-22,24-27H,14-15,18H2,1-13H3,(H,32,38)(H,33,39)(H,34,37)/b17-16+/t20-,21-,22+,24+,25-,26-,27-/m0/s1. The Morgan fingerprint density at radius 1 is 0.837 bits per heavy atom. The van der Waals surface area contributed by atoms with Crippen LogP contribution in [-0.2, 0) is 33.8 Å². The van der Waals surface area contributed by atoms with Gasteiger partial charge in [0.1, 0.15) is 18.1 Å². The second kappa shape index (κ2) is 17.7. The first kappa shape index (κ1) is 40.5. The molecule has 0 aromatic carbocycles. The molecule has 0 aliphatic rings. The van der Waals surface area contributed by atoms with E-state index in [0.717, 1.165) is 11.7 Å². The molecule has 43 heavy (non-hydrogen) atoms. The molecule has 11 nitrogen and oxygen atoms in total. The predicted octanol–water partition coefficient (Wildman–Crippen LogP) is 3.19. The number of ether oxygens (including phenoxy) is 1. The maximum atomic E-state index is 13.8. The number of amides is 4. The van der Waals surface area contributed by atoms with Crippen LogP contribution in [0.3, 0.4) is 0 Å². The predicted molar refractivity (Wildman–Crippen MR) is 171 cm³/mol. The van der Waals surface area contributed by atoms with Gasteiger partial charge in [-0.05, 0) is 51.9 Å². The van der Waals surface area contributed by atoms with Crippen molar-refractivity contribution in [3.05, 3.63) is 11.5 Å². The number of nitrogens with zero attached hydrogens (tertiary/aromatic N) is 1. The van der Waals surface area contributed by atoms with Crippen molar-refractivity contribution in [3.63, 3.8) is 0 Å². The number of rotatable bonds is 17. The van der Waals surface area contributed by atoms with Gasteiger partial charge in [-0.25, -0.2) is 8.42 Å². The van der Waals surface area contributed by atoms with E-state index in [2.05, 4.69) is 16.0 Å². The summed E-state index contributed by atoms with van der Waals surface area (Å²) in [5.41, 5.74) is -0.638. The maximum absolute atomic E-state index is 13.8. The average Bonchev–Trinajstić information content (AvgIpc) is 2.86. The topological polar surface area (TPSA) is 151 Å². The maximum Gasteiger partial charge on any atom is 0.245 e. The zero-order valence-corrected chi connectivity index (χ0v) is 29.4. The highest BCUT2D eigenvalue weighted by atomic mass is 32.2. The van der Waals surface area contributed by atoms with Crippen LogP contribution in [0.2, 0.25) is 0 Å². The van der Waals surface area contributed by atoms with Gasteiger partial charge in [-0.3, -0.25) is 19.2 Å². The summed E-state index contributed by atoms with van der Waals surface area (Å²) < 4.78 is 29.6. The van der Waals surface area contributed by atoms with Crippen LogP contribution in [0.5, 0.6) is 0 Å². The summed E-state index contributed by atoms with van der Waals surface area (Å²) in [5.74, 6) is -2.14. The molecule has 0 aromatic heterocycles. The minimum absolute atomic E-state index is 0.141. The molecule has 0 radical (unpaired) electrons. The van der Waals surface area contributed by atoms with Gasteiger partial charge in [0.15, 0.2) is 9.84 Å². The zero-order valence-electron chi connectivity index (χ0n) is 28.6. The van der Waals surface area contributed by atoms with Crippen molar-refractivity contribution < 1.29 is 32.3 Å². The van der Waals surface area contributed by atoms with Crippen molar-refractivity contribution in [3.8, 4) is 0 Å². The molecule has 12 heteroatoms. The lowest BCUT2D eigenvalue weighted by Crippen LogP contribution is -2.62. The molecule has 0 aliphatic heterocycles. The molecule has 0 aromatic rings. The van der Waals surface area contributed by atoms with Crippen molar-refractivity contribution in [2.45, 2.75) is 131 Å². The van der Waals surface area contributed by atoms with Gasteiger partial charge in [0.2, 0.25) is 23.6 Å². The Morgan fingerprint density at radius 3 is 1.74 bits per heavy atom. The van der Waals surface area contributed by atoms with Gasteiger partial charge in [0.25, 0.3) is 0 Å². The summed E-state index contributed by atoms with van der Waals surface area (Å²) in [6.45, 7) is 20.0. The smallest absolute Gasteiger partial charge is 0.245 e. The number of nitrogens with one attached hydrogen (secondary N) is 3. The first-order valence-electron chi connectivity index (χ1n) is 15.2. The first-order valence-corrected chi connectivity index (χ1v) is 17.2. The number of hydrogen-bond acceptors (Lipinski definition) is 7. The van der Waals surface area contributed by atoms with Gasteiger partial charge in [-0.1, -0.05) is 60.5 Å². The minimum Gasteiger partial charge on any atom is -0.370 e. The molecule has 0 unspecified atom stereocenters. The van der Waals surface area contributed by atoms with E-state index >= 15 is 0 Å². The number of carbonyl (C=O) groups is 4. The van der Waals surface area contributed by atoms with Crippen LogP contribution in [-0.4, -0.2) is 86.1 Å². The van der Waals surface area contributed by atoms with Crippen LogP contribution in [0.15, 0.2) is 11.5 Å². The normalized spacial score (nSPS) is 17.3. The van der Waals surface area contributed by atoms with E-state index in [1.807, 2.05) is 62.3 Å². The molecule has 0 heterocycles. The van der Waals surface area contributed by atoms with E-state index < -0.39 is 63.4 Å². The second-order valence-electron chi connectivity index (χ2n) is 13.2. The Kier molecular flexibility index (Phi) is 16.7. The van der Waals surface area contributed by atoms with Crippen LogP contribution in [0, 0.1) is 17.8 Å². The molecule has 4 amide bonds. The molecule has 0 saturated carbocycles. The first-order chi connectivity index (χ1) is 19.5. The molecule has 0 aliphatic carbocycles. The van der Waals surface area contributed by atoms with E-state index in [-0.39, 0.29) is 23.7 Å². The van der Waals surface area contributed by atoms with Gasteiger partial charge in [0.05, 0.1) is 11.7 Å².